The van der Waals surface area contributed by atoms with Crippen molar-refractivity contribution in [3.63, 3.8) is 0 Å². The third-order valence-corrected chi connectivity index (χ3v) is 6.73. The molecule has 216 valence electrons. The first-order valence-electron chi connectivity index (χ1n) is 12.8. The van der Waals surface area contributed by atoms with Crippen LogP contribution >= 0.6 is 0 Å². The monoisotopic (exact) mass is 573 g/mol. The predicted octanol–water partition coefficient (Wildman–Crippen LogP) is 4.41. The number of nitrogens with one attached hydrogen (secondary N) is 1. The van der Waals surface area contributed by atoms with Crippen molar-refractivity contribution in [3.05, 3.63) is 71.6 Å². The zero-order chi connectivity index (χ0) is 29.3. The quantitative estimate of drug-likeness (QED) is 0.312. The summed E-state index contributed by atoms with van der Waals surface area (Å²) in [6, 6.07) is 16.4. The smallest absolute Gasteiger partial charge is 0.422 e. The van der Waals surface area contributed by atoms with Gasteiger partial charge in [0.05, 0.1) is 18.9 Å². The minimum atomic E-state index is -4.42. The van der Waals surface area contributed by atoms with Crippen molar-refractivity contribution in [2.24, 2.45) is 0 Å². The fourth-order valence-corrected chi connectivity index (χ4v) is 4.55. The SMILES string of the molecule is CCOC(=O)CN(Cc1ccc(OCCc2nc(-c3ccccc3)oc2C)cc1)S(=O)(=O)NC(=O)OC(C)(C)C. The molecule has 1 amide bonds. The number of aromatic nitrogens is 1. The highest BCUT2D eigenvalue weighted by atomic mass is 32.2. The maximum Gasteiger partial charge on any atom is 0.422 e. The number of oxazole rings is 1. The molecule has 0 aliphatic heterocycles. The van der Waals surface area contributed by atoms with Crippen LogP contribution in [0.15, 0.2) is 59.0 Å². The van der Waals surface area contributed by atoms with Crippen LogP contribution < -0.4 is 9.46 Å². The molecule has 0 radical (unpaired) electrons. The van der Waals surface area contributed by atoms with E-state index in [9.17, 15) is 18.0 Å². The van der Waals surface area contributed by atoms with Crippen LogP contribution in [0.3, 0.4) is 0 Å². The number of hydrogen-bond acceptors (Lipinski definition) is 9. The molecule has 40 heavy (non-hydrogen) atoms. The topological polar surface area (TPSA) is 137 Å². The summed E-state index contributed by atoms with van der Waals surface area (Å²) in [7, 11) is -4.42. The molecule has 0 saturated carbocycles. The van der Waals surface area contributed by atoms with Crippen molar-refractivity contribution >= 4 is 22.3 Å². The predicted molar refractivity (Wildman–Crippen MR) is 148 cm³/mol. The Morgan fingerprint density at radius 3 is 2.35 bits per heavy atom. The number of amides is 1. The Bertz CT molecular complexity index is 1380. The average Bonchev–Trinajstić information content (AvgIpc) is 3.24. The van der Waals surface area contributed by atoms with Gasteiger partial charge >= 0.3 is 22.3 Å². The summed E-state index contributed by atoms with van der Waals surface area (Å²) in [6.07, 6.45) is -0.616. The van der Waals surface area contributed by atoms with Gasteiger partial charge in [0.15, 0.2) is 0 Å². The Morgan fingerprint density at radius 1 is 1.05 bits per heavy atom. The number of aryl methyl sites for hydroxylation is 1. The van der Waals surface area contributed by atoms with Crippen molar-refractivity contribution in [1.82, 2.24) is 14.0 Å². The van der Waals surface area contributed by atoms with E-state index in [2.05, 4.69) is 4.98 Å². The lowest BCUT2D eigenvalue weighted by molar-refractivity contribution is -0.143. The fourth-order valence-electron chi connectivity index (χ4n) is 3.57. The minimum Gasteiger partial charge on any atom is -0.493 e. The Balaban J connectivity index is 1.62. The van der Waals surface area contributed by atoms with Gasteiger partial charge in [-0.3, -0.25) is 4.79 Å². The Hall–Kier alpha value is -3.90. The first kappa shape index (κ1) is 30.6. The number of ether oxygens (including phenoxy) is 3. The van der Waals surface area contributed by atoms with Crippen LogP contribution in [0.4, 0.5) is 4.79 Å². The van der Waals surface area contributed by atoms with E-state index in [-0.39, 0.29) is 13.2 Å². The highest BCUT2D eigenvalue weighted by Crippen LogP contribution is 2.22. The first-order valence-corrected chi connectivity index (χ1v) is 14.2. The van der Waals surface area contributed by atoms with Crippen LogP contribution in [-0.4, -0.2) is 55.1 Å². The molecule has 0 spiro atoms. The van der Waals surface area contributed by atoms with Crippen LogP contribution in [0.5, 0.6) is 5.75 Å². The maximum absolute atomic E-state index is 12.9. The van der Waals surface area contributed by atoms with Crippen molar-refractivity contribution in [2.45, 2.75) is 53.2 Å². The number of carbonyl (C=O) groups excluding carboxylic acids is 2. The summed E-state index contributed by atoms with van der Waals surface area (Å²) < 4.78 is 50.0. The number of rotatable bonds is 12. The van der Waals surface area contributed by atoms with Gasteiger partial charge in [-0.15, -0.1) is 0 Å². The lowest BCUT2D eigenvalue weighted by Crippen LogP contribution is -2.46. The van der Waals surface area contributed by atoms with Gasteiger partial charge in [0, 0.05) is 18.5 Å². The van der Waals surface area contributed by atoms with Crippen molar-refractivity contribution < 1.29 is 36.6 Å². The van der Waals surface area contributed by atoms with E-state index in [0.29, 0.717) is 30.2 Å². The van der Waals surface area contributed by atoms with Crippen molar-refractivity contribution in [3.8, 4) is 17.2 Å². The van der Waals surface area contributed by atoms with E-state index in [1.807, 2.05) is 42.0 Å². The number of benzene rings is 2. The van der Waals surface area contributed by atoms with E-state index in [1.54, 1.807) is 52.0 Å². The average molecular weight is 574 g/mol. The van der Waals surface area contributed by atoms with Gasteiger partial charge in [0.25, 0.3) is 0 Å². The fraction of sp³-hybridized carbons (Fsp3) is 0.393. The Labute approximate surface area is 234 Å². The van der Waals surface area contributed by atoms with Gasteiger partial charge in [-0.05, 0) is 64.4 Å². The standard InChI is InChI=1S/C28H35N3O8S/c1-6-36-25(32)19-31(40(34,35)30-27(33)39-28(3,4)5)18-21-12-14-23(15-13-21)37-17-16-24-20(2)38-26(29-24)22-10-8-7-9-11-22/h7-15H,6,16-19H2,1-5H3,(H,30,33). The highest BCUT2D eigenvalue weighted by molar-refractivity contribution is 7.87. The molecule has 12 heteroatoms. The van der Waals surface area contributed by atoms with Gasteiger partial charge in [-0.2, -0.15) is 12.7 Å². The van der Waals surface area contributed by atoms with E-state index in [0.717, 1.165) is 21.3 Å². The molecule has 0 atom stereocenters. The normalized spacial score (nSPS) is 11.8. The van der Waals surface area contributed by atoms with Crippen molar-refractivity contribution in [2.75, 3.05) is 19.8 Å². The van der Waals surface area contributed by atoms with E-state index >= 15 is 0 Å². The van der Waals surface area contributed by atoms with Gasteiger partial charge in [-0.1, -0.05) is 30.3 Å². The molecule has 2 aromatic carbocycles. The molecule has 1 heterocycles. The van der Waals surface area contributed by atoms with Crippen LogP contribution in [0, 0.1) is 6.92 Å². The molecular weight excluding hydrogens is 538 g/mol. The summed E-state index contributed by atoms with van der Waals surface area (Å²) in [6.45, 7) is 7.93. The zero-order valence-electron chi connectivity index (χ0n) is 23.3. The van der Waals surface area contributed by atoms with Gasteiger partial charge in [0.1, 0.15) is 23.7 Å². The molecule has 3 rings (SSSR count). The second kappa shape index (κ2) is 13.4. The highest BCUT2D eigenvalue weighted by Gasteiger charge is 2.29. The summed E-state index contributed by atoms with van der Waals surface area (Å²) in [4.78, 5) is 28.8. The summed E-state index contributed by atoms with van der Waals surface area (Å²) in [5, 5.41) is 0. The molecule has 0 aliphatic rings. The Kier molecular flexibility index (Phi) is 10.3. The number of esters is 1. The van der Waals surface area contributed by atoms with Crippen molar-refractivity contribution in [1.29, 1.82) is 0 Å². The molecule has 1 N–H and O–H groups in total. The lowest BCUT2D eigenvalue weighted by atomic mass is 10.2. The van der Waals surface area contributed by atoms with Crippen LogP contribution in [0.25, 0.3) is 11.5 Å². The molecule has 11 nitrogen and oxygen atoms in total. The lowest BCUT2D eigenvalue weighted by Gasteiger charge is -2.24. The van der Waals surface area contributed by atoms with Gasteiger partial charge in [0.2, 0.25) is 5.89 Å². The summed E-state index contributed by atoms with van der Waals surface area (Å²) in [5.41, 5.74) is 1.35. The largest absolute Gasteiger partial charge is 0.493 e. The van der Waals surface area contributed by atoms with Crippen LogP contribution in [0.1, 0.15) is 44.7 Å². The van der Waals surface area contributed by atoms with Crippen LogP contribution in [-0.2, 0) is 37.4 Å². The zero-order valence-corrected chi connectivity index (χ0v) is 24.1. The first-order chi connectivity index (χ1) is 18.9. The minimum absolute atomic E-state index is 0.0830. The number of hydrogen-bond donors (Lipinski definition) is 1. The van der Waals surface area contributed by atoms with E-state index in [4.69, 9.17) is 18.6 Å². The van der Waals surface area contributed by atoms with Gasteiger partial charge in [-0.25, -0.2) is 14.5 Å². The molecule has 0 saturated heterocycles. The van der Waals surface area contributed by atoms with E-state index < -0.39 is 34.4 Å². The molecule has 1 aromatic heterocycles. The second-order valence-electron chi connectivity index (χ2n) is 9.81. The molecular formula is C28H35N3O8S. The maximum atomic E-state index is 12.9. The molecule has 0 aliphatic carbocycles. The molecule has 0 unspecified atom stereocenters. The second-order valence-corrected chi connectivity index (χ2v) is 11.5. The number of nitrogens with zero attached hydrogens (tertiary/aromatic N) is 2. The van der Waals surface area contributed by atoms with Gasteiger partial charge < -0.3 is 18.6 Å². The molecule has 0 fully saturated rings. The van der Waals surface area contributed by atoms with Crippen LogP contribution in [0.2, 0.25) is 0 Å². The molecule has 3 aromatic rings. The third-order valence-electron chi connectivity index (χ3n) is 5.37. The third kappa shape index (κ3) is 9.38. The molecule has 0 bridgehead atoms. The summed E-state index contributed by atoms with van der Waals surface area (Å²) in [5.74, 6) is 1.09. The summed E-state index contributed by atoms with van der Waals surface area (Å²) >= 11 is 0. The Morgan fingerprint density at radius 2 is 1.73 bits per heavy atom. The number of carbonyl (C=O) groups is 2. The van der Waals surface area contributed by atoms with E-state index in [1.165, 1.54) is 0 Å².